The normalized spacial score (nSPS) is 12.7. The second-order valence-electron chi connectivity index (χ2n) is 9.65. The number of halogens is 1. The van der Waals surface area contributed by atoms with Gasteiger partial charge in [0.15, 0.2) is 0 Å². The van der Waals surface area contributed by atoms with E-state index in [4.69, 9.17) is 0 Å². The number of aromatic nitrogens is 6. The minimum Gasteiger partial charge on any atom is -0.384 e. The predicted octanol–water partition coefficient (Wildman–Crippen LogP) is 3.76. The Balaban J connectivity index is 1.48. The Morgan fingerprint density at radius 2 is 2.05 bits per heavy atom. The van der Waals surface area contributed by atoms with Gasteiger partial charge in [0.2, 0.25) is 0 Å². The number of benzene rings is 1. The van der Waals surface area contributed by atoms with Crippen molar-refractivity contribution in [3.05, 3.63) is 76.9 Å². The molecule has 0 radical (unpaired) electrons. The molecule has 0 saturated heterocycles. The minimum absolute atomic E-state index is 0.313. The van der Waals surface area contributed by atoms with E-state index in [0.717, 1.165) is 56.2 Å². The van der Waals surface area contributed by atoms with Gasteiger partial charge < -0.3 is 15.2 Å². The molecule has 8 nitrogen and oxygen atoms in total. The van der Waals surface area contributed by atoms with Gasteiger partial charge in [-0.15, -0.1) is 0 Å². The molecule has 4 heterocycles. The van der Waals surface area contributed by atoms with Crippen molar-refractivity contribution in [3.8, 4) is 22.6 Å². The van der Waals surface area contributed by atoms with E-state index in [1.807, 2.05) is 70.8 Å². The third-order valence-corrected chi connectivity index (χ3v) is 6.42. The SMILES string of the molecule is C=c1c(-c2cc3c(-c4cc(F)cc(NCCN(C)C)c4)nccc3[nH]2)n[nH]/c1=C/C=C(\C)c1cnn(C)c1. The lowest BCUT2D eigenvalue weighted by Crippen LogP contribution is -2.21. The van der Waals surface area contributed by atoms with Crippen molar-refractivity contribution in [1.82, 2.24) is 34.8 Å². The molecule has 9 heteroatoms. The number of nitrogens with zero attached hydrogens (tertiary/aromatic N) is 5. The zero-order valence-electron chi connectivity index (χ0n) is 22.0. The van der Waals surface area contributed by atoms with Crippen molar-refractivity contribution >= 4 is 34.8 Å². The number of H-pyrrole nitrogens is 2. The number of pyridine rings is 1. The van der Waals surface area contributed by atoms with E-state index in [9.17, 15) is 4.39 Å². The number of aryl methyl sites for hydroxylation is 1. The molecule has 1 aromatic carbocycles. The van der Waals surface area contributed by atoms with Gasteiger partial charge in [-0.05, 0) is 63.0 Å². The number of aromatic amines is 2. The molecule has 5 rings (SSSR count). The van der Waals surface area contributed by atoms with E-state index in [1.54, 1.807) is 10.9 Å². The lowest BCUT2D eigenvalue weighted by atomic mass is 10.1. The number of fused-ring (bicyclic) bond motifs is 1. The summed E-state index contributed by atoms with van der Waals surface area (Å²) in [7, 11) is 5.91. The summed E-state index contributed by atoms with van der Waals surface area (Å²) in [4.78, 5) is 10.1. The molecule has 5 aromatic rings. The lowest BCUT2D eigenvalue weighted by molar-refractivity contribution is 0.425. The zero-order valence-corrected chi connectivity index (χ0v) is 22.0. The summed E-state index contributed by atoms with van der Waals surface area (Å²) >= 11 is 0. The van der Waals surface area contributed by atoms with Crippen LogP contribution in [0.5, 0.6) is 0 Å². The Hall–Kier alpha value is -4.50. The van der Waals surface area contributed by atoms with Gasteiger partial charge in [0.1, 0.15) is 11.5 Å². The highest BCUT2D eigenvalue weighted by Crippen LogP contribution is 2.31. The average molecular weight is 511 g/mol. The quantitative estimate of drug-likeness (QED) is 0.296. The number of anilines is 1. The number of hydrogen-bond acceptors (Lipinski definition) is 5. The first-order valence-corrected chi connectivity index (χ1v) is 12.4. The number of hydrogen-bond donors (Lipinski definition) is 3. The maximum Gasteiger partial charge on any atom is 0.125 e. The molecule has 0 saturated carbocycles. The van der Waals surface area contributed by atoms with Crippen molar-refractivity contribution in [2.24, 2.45) is 7.05 Å². The fourth-order valence-corrected chi connectivity index (χ4v) is 4.33. The third kappa shape index (κ3) is 5.28. The highest BCUT2D eigenvalue weighted by molar-refractivity contribution is 5.96. The largest absolute Gasteiger partial charge is 0.384 e. The Bertz CT molecular complexity index is 1740. The lowest BCUT2D eigenvalue weighted by Gasteiger charge is -2.12. The Morgan fingerprint density at radius 1 is 1.21 bits per heavy atom. The Morgan fingerprint density at radius 3 is 2.82 bits per heavy atom. The molecule has 0 fully saturated rings. The monoisotopic (exact) mass is 510 g/mol. The van der Waals surface area contributed by atoms with Gasteiger partial charge in [-0.3, -0.25) is 14.8 Å². The van der Waals surface area contributed by atoms with Gasteiger partial charge in [0, 0.05) is 65.5 Å². The van der Waals surface area contributed by atoms with E-state index in [0.29, 0.717) is 17.8 Å². The van der Waals surface area contributed by atoms with Gasteiger partial charge >= 0.3 is 0 Å². The van der Waals surface area contributed by atoms with Crippen LogP contribution in [0.25, 0.3) is 51.8 Å². The van der Waals surface area contributed by atoms with Gasteiger partial charge in [0.05, 0.1) is 22.9 Å². The molecule has 0 atom stereocenters. The molecule has 0 spiro atoms. The first-order valence-electron chi connectivity index (χ1n) is 12.4. The summed E-state index contributed by atoms with van der Waals surface area (Å²) in [6.45, 7) is 7.85. The van der Waals surface area contributed by atoms with Gasteiger partial charge in [-0.25, -0.2) is 4.39 Å². The maximum absolute atomic E-state index is 14.5. The van der Waals surface area contributed by atoms with E-state index in [2.05, 4.69) is 42.1 Å². The highest BCUT2D eigenvalue weighted by Gasteiger charge is 2.14. The summed E-state index contributed by atoms with van der Waals surface area (Å²) in [6.07, 6.45) is 9.52. The fraction of sp³-hybridized carbons (Fsp3) is 0.207. The smallest absolute Gasteiger partial charge is 0.125 e. The van der Waals surface area contributed by atoms with Crippen molar-refractivity contribution < 1.29 is 4.39 Å². The number of likely N-dealkylation sites (N-methyl/N-ethyl adjacent to an activating group) is 1. The Kier molecular flexibility index (Phi) is 6.93. The first-order chi connectivity index (χ1) is 18.3. The molecule has 0 aliphatic rings. The predicted molar refractivity (Wildman–Crippen MR) is 152 cm³/mol. The van der Waals surface area contributed by atoms with E-state index < -0.39 is 0 Å². The fourth-order valence-electron chi connectivity index (χ4n) is 4.33. The molecule has 0 amide bonds. The highest BCUT2D eigenvalue weighted by atomic mass is 19.1. The molecule has 3 N–H and O–H groups in total. The van der Waals surface area contributed by atoms with Crippen LogP contribution in [0.3, 0.4) is 0 Å². The summed E-state index contributed by atoms with van der Waals surface area (Å²) in [6, 6.07) is 8.84. The third-order valence-electron chi connectivity index (χ3n) is 6.42. The standard InChI is InChI=1S/C29H31FN8/c1-18(21-16-33-38(5)17-21)6-7-25-19(2)28(36-35-25)27-15-24-26(34-27)8-9-32-29(24)20-12-22(30)14-23(13-20)31-10-11-37(3)4/h6-9,12-17,31,34-35H,2,10-11H2,1,3-5H3/b18-6+,25-7+. The molecule has 38 heavy (non-hydrogen) atoms. The summed E-state index contributed by atoms with van der Waals surface area (Å²) in [5, 5.41) is 17.6. The van der Waals surface area contributed by atoms with Crippen LogP contribution in [0.2, 0.25) is 0 Å². The van der Waals surface area contributed by atoms with Crippen molar-refractivity contribution in [2.75, 3.05) is 32.5 Å². The topological polar surface area (TPSA) is 90.4 Å². The summed E-state index contributed by atoms with van der Waals surface area (Å²) in [5.41, 5.74) is 6.67. The summed E-state index contributed by atoms with van der Waals surface area (Å²) < 4.78 is 16.3. The van der Waals surface area contributed by atoms with Crippen molar-refractivity contribution in [1.29, 1.82) is 0 Å². The minimum atomic E-state index is -0.313. The molecule has 0 bridgehead atoms. The van der Waals surface area contributed by atoms with Gasteiger partial charge in [-0.1, -0.05) is 12.7 Å². The van der Waals surface area contributed by atoms with Crippen LogP contribution in [0.15, 0.2) is 55.0 Å². The molecular formula is C29H31FN8. The number of allylic oxidation sites excluding steroid dienone is 2. The molecule has 0 aliphatic carbocycles. The van der Waals surface area contributed by atoms with E-state index >= 15 is 0 Å². The van der Waals surface area contributed by atoms with Crippen LogP contribution in [-0.4, -0.2) is 62.0 Å². The molecule has 0 aliphatic heterocycles. The Labute approximate surface area is 220 Å². The van der Waals surface area contributed by atoms with Gasteiger partial charge in [-0.2, -0.15) is 10.2 Å². The number of nitrogens with one attached hydrogen (secondary N) is 3. The van der Waals surface area contributed by atoms with Crippen molar-refractivity contribution in [2.45, 2.75) is 6.92 Å². The van der Waals surface area contributed by atoms with Crippen LogP contribution in [0, 0.1) is 5.82 Å². The maximum atomic E-state index is 14.5. The van der Waals surface area contributed by atoms with Crippen LogP contribution >= 0.6 is 0 Å². The molecule has 4 aromatic heterocycles. The van der Waals surface area contributed by atoms with Crippen LogP contribution in [0.1, 0.15) is 12.5 Å². The second kappa shape index (κ2) is 10.5. The summed E-state index contributed by atoms with van der Waals surface area (Å²) in [5.74, 6) is -0.313. The molecule has 0 unspecified atom stereocenters. The van der Waals surface area contributed by atoms with Crippen LogP contribution in [0.4, 0.5) is 10.1 Å². The van der Waals surface area contributed by atoms with Crippen molar-refractivity contribution in [3.63, 3.8) is 0 Å². The van der Waals surface area contributed by atoms with Gasteiger partial charge in [0.25, 0.3) is 0 Å². The number of rotatable bonds is 8. The molecule has 194 valence electrons. The average Bonchev–Trinajstić information content (AvgIpc) is 3.59. The van der Waals surface area contributed by atoms with E-state index in [1.165, 1.54) is 12.1 Å². The first kappa shape index (κ1) is 25.2. The van der Waals surface area contributed by atoms with Crippen LogP contribution in [-0.2, 0) is 7.05 Å². The van der Waals surface area contributed by atoms with E-state index in [-0.39, 0.29) is 5.82 Å². The molecular weight excluding hydrogens is 479 g/mol. The zero-order chi connectivity index (χ0) is 26.8. The second-order valence-corrected chi connectivity index (χ2v) is 9.65. The van der Waals surface area contributed by atoms with Crippen LogP contribution < -0.4 is 15.9 Å².